The van der Waals surface area contributed by atoms with Gasteiger partial charge in [0.25, 0.3) is 0 Å². The van der Waals surface area contributed by atoms with Crippen molar-refractivity contribution < 1.29 is 9.52 Å². The van der Waals surface area contributed by atoms with Crippen LogP contribution in [0.15, 0.2) is 15.6 Å². The molecule has 2 rings (SSSR count). The fraction of sp³-hybridized carbons (Fsp3) is 0.750. The highest BCUT2D eigenvalue weighted by atomic mass is 127. The van der Waals surface area contributed by atoms with Gasteiger partial charge < -0.3 is 19.7 Å². The van der Waals surface area contributed by atoms with Crippen molar-refractivity contribution in [1.29, 1.82) is 0 Å². The summed E-state index contributed by atoms with van der Waals surface area (Å²) in [6, 6.07) is 0. The fourth-order valence-electron chi connectivity index (χ4n) is 2.38. The zero-order chi connectivity index (χ0) is 16.2. The third-order valence-electron chi connectivity index (χ3n) is 3.76. The number of rotatable bonds is 3. The SMILES string of the molecule is CCNC(=NCc1ncc(C(C)(C)C)o1)N1CCC(O)CC1.I. The quantitative estimate of drug-likeness (QED) is 0.433. The number of aliphatic hydroxyl groups excluding tert-OH is 1. The first-order valence-corrected chi connectivity index (χ1v) is 8.06. The van der Waals surface area contributed by atoms with Crippen LogP contribution in [-0.2, 0) is 12.0 Å². The highest BCUT2D eigenvalue weighted by Crippen LogP contribution is 2.22. The van der Waals surface area contributed by atoms with Crippen LogP contribution in [-0.4, -0.2) is 46.7 Å². The lowest BCUT2D eigenvalue weighted by Gasteiger charge is -2.32. The molecule has 1 fully saturated rings. The molecule has 0 aromatic carbocycles. The monoisotopic (exact) mass is 436 g/mol. The van der Waals surface area contributed by atoms with Crippen molar-refractivity contribution in [3.63, 3.8) is 0 Å². The second kappa shape index (κ2) is 8.86. The van der Waals surface area contributed by atoms with Gasteiger partial charge >= 0.3 is 0 Å². The van der Waals surface area contributed by atoms with Gasteiger partial charge in [-0.2, -0.15) is 0 Å². The van der Waals surface area contributed by atoms with Crippen LogP contribution in [0.1, 0.15) is 52.2 Å². The topological polar surface area (TPSA) is 73.9 Å². The molecular formula is C16H29IN4O2. The third kappa shape index (κ3) is 5.95. The number of aromatic nitrogens is 1. The van der Waals surface area contributed by atoms with Crippen LogP contribution in [0.4, 0.5) is 0 Å². The van der Waals surface area contributed by atoms with E-state index in [0.717, 1.165) is 44.2 Å². The van der Waals surface area contributed by atoms with E-state index >= 15 is 0 Å². The molecule has 1 aromatic heterocycles. The number of hydrogen-bond acceptors (Lipinski definition) is 4. The first-order valence-electron chi connectivity index (χ1n) is 8.06. The van der Waals surface area contributed by atoms with E-state index in [4.69, 9.17) is 4.42 Å². The Kier molecular flexibility index (Phi) is 7.79. The number of oxazole rings is 1. The Balaban J connectivity index is 0.00000264. The lowest BCUT2D eigenvalue weighted by molar-refractivity contribution is 0.108. The van der Waals surface area contributed by atoms with Gasteiger partial charge in [0.15, 0.2) is 5.96 Å². The number of aliphatic imine (C=N–C) groups is 1. The molecule has 6 nitrogen and oxygen atoms in total. The molecule has 0 unspecified atom stereocenters. The van der Waals surface area contributed by atoms with Gasteiger partial charge in [-0.3, -0.25) is 0 Å². The molecule has 7 heteroatoms. The standard InChI is InChI=1S/C16H28N4O2.HI/c1-5-17-15(20-8-6-12(21)7-9-20)19-11-14-18-10-13(22-14)16(2,3)4;/h10,12,21H,5-9,11H2,1-4H3,(H,17,19);1H. The minimum absolute atomic E-state index is 0. The van der Waals surface area contributed by atoms with Crippen LogP contribution in [0.5, 0.6) is 0 Å². The molecule has 0 spiro atoms. The Morgan fingerprint density at radius 1 is 1.43 bits per heavy atom. The summed E-state index contributed by atoms with van der Waals surface area (Å²) in [5, 5.41) is 12.9. The van der Waals surface area contributed by atoms with E-state index < -0.39 is 0 Å². The first-order chi connectivity index (χ1) is 10.4. The van der Waals surface area contributed by atoms with Crippen molar-refractivity contribution in [3.8, 4) is 0 Å². The van der Waals surface area contributed by atoms with Crippen molar-refractivity contribution >= 4 is 29.9 Å². The molecule has 2 heterocycles. The summed E-state index contributed by atoms with van der Waals surface area (Å²) in [6.07, 6.45) is 3.18. The van der Waals surface area contributed by atoms with Crippen LogP contribution in [0.25, 0.3) is 0 Å². The van der Waals surface area contributed by atoms with E-state index in [1.165, 1.54) is 0 Å². The van der Waals surface area contributed by atoms with Crippen molar-refractivity contribution in [2.45, 2.75) is 58.6 Å². The van der Waals surface area contributed by atoms with E-state index in [1.54, 1.807) is 6.20 Å². The van der Waals surface area contributed by atoms with E-state index in [2.05, 4.69) is 47.9 Å². The summed E-state index contributed by atoms with van der Waals surface area (Å²) in [5.74, 6) is 2.38. The number of nitrogens with one attached hydrogen (secondary N) is 1. The average Bonchev–Trinajstić information content (AvgIpc) is 2.93. The summed E-state index contributed by atoms with van der Waals surface area (Å²) in [6.45, 7) is 11.2. The van der Waals surface area contributed by atoms with Crippen molar-refractivity contribution in [1.82, 2.24) is 15.2 Å². The Morgan fingerprint density at radius 2 is 2.09 bits per heavy atom. The molecule has 0 bridgehead atoms. The molecule has 23 heavy (non-hydrogen) atoms. The molecule has 1 aliphatic rings. The number of hydrogen-bond donors (Lipinski definition) is 2. The van der Waals surface area contributed by atoms with Gasteiger partial charge in [-0.15, -0.1) is 24.0 Å². The second-order valence-electron chi connectivity index (χ2n) is 6.76. The summed E-state index contributed by atoms with van der Waals surface area (Å²) in [5.41, 5.74) is -0.0392. The molecule has 0 saturated carbocycles. The van der Waals surface area contributed by atoms with Crippen LogP contribution in [0, 0.1) is 0 Å². The van der Waals surface area contributed by atoms with Gasteiger partial charge in [0.05, 0.1) is 12.3 Å². The predicted molar refractivity (Wildman–Crippen MR) is 102 cm³/mol. The minimum Gasteiger partial charge on any atom is -0.443 e. The number of nitrogens with zero attached hydrogens (tertiary/aromatic N) is 3. The zero-order valence-electron chi connectivity index (χ0n) is 14.5. The lowest BCUT2D eigenvalue weighted by atomic mass is 9.94. The maximum Gasteiger partial charge on any atom is 0.216 e. The first kappa shape index (κ1) is 20.2. The fourth-order valence-corrected chi connectivity index (χ4v) is 2.38. The molecule has 0 amide bonds. The molecule has 0 aliphatic carbocycles. The lowest BCUT2D eigenvalue weighted by Crippen LogP contribution is -2.46. The molecule has 1 saturated heterocycles. The van der Waals surface area contributed by atoms with Gasteiger partial charge in [-0.25, -0.2) is 9.98 Å². The summed E-state index contributed by atoms with van der Waals surface area (Å²) >= 11 is 0. The maximum atomic E-state index is 9.61. The summed E-state index contributed by atoms with van der Waals surface area (Å²) in [4.78, 5) is 11.1. The van der Waals surface area contributed by atoms with Crippen LogP contribution < -0.4 is 5.32 Å². The Labute approximate surface area is 155 Å². The van der Waals surface area contributed by atoms with Crippen LogP contribution in [0.3, 0.4) is 0 Å². The molecule has 0 atom stereocenters. The third-order valence-corrected chi connectivity index (χ3v) is 3.76. The number of aliphatic hydroxyl groups is 1. The number of guanidine groups is 1. The number of likely N-dealkylation sites (tertiary alicyclic amines) is 1. The Morgan fingerprint density at radius 3 is 2.61 bits per heavy atom. The number of piperidine rings is 1. The number of halogens is 1. The molecule has 0 radical (unpaired) electrons. The van der Waals surface area contributed by atoms with Crippen molar-refractivity contribution in [2.75, 3.05) is 19.6 Å². The van der Waals surface area contributed by atoms with Gasteiger partial charge in [0.2, 0.25) is 5.89 Å². The zero-order valence-corrected chi connectivity index (χ0v) is 16.8. The van der Waals surface area contributed by atoms with E-state index in [9.17, 15) is 5.11 Å². The summed E-state index contributed by atoms with van der Waals surface area (Å²) < 4.78 is 5.78. The van der Waals surface area contributed by atoms with Crippen LogP contribution >= 0.6 is 24.0 Å². The predicted octanol–water partition coefficient (Wildman–Crippen LogP) is 2.51. The Hall–Kier alpha value is -0.830. The van der Waals surface area contributed by atoms with Gasteiger partial charge in [0, 0.05) is 25.0 Å². The van der Waals surface area contributed by atoms with E-state index in [-0.39, 0.29) is 35.5 Å². The highest BCUT2D eigenvalue weighted by molar-refractivity contribution is 14.0. The molecule has 2 N–H and O–H groups in total. The Bertz CT molecular complexity index is 502. The van der Waals surface area contributed by atoms with Gasteiger partial charge in [0.1, 0.15) is 12.3 Å². The highest BCUT2D eigenvalue weighted by Gasteiger charge is 2.21. The normalized spacial score (nSPS) is 17.1. The average molecular weight is 436 g/mol. The molecule has 1 aliphatic heterocycles. The molecular weight excluding hydrogens is 407 g/mol. The smallest absolute Gasteiger partial charge is 0.216 e. The van der Waals surface area contributed by atoms with Crippen molar-refractivity contribution in [2.24, 2.45) is 4.99 Å². The van der Waals surface area contributed by atoms with Crippen molar-refractivity contribution in [3.05, 3.63) is 17.8 Å². The van der Waals surface area contributed by atoms with E-state index in [1.807, 2.05) is 0 Å². The summed E-state index contributed by atoms with van der Waals surface area (Å²) in [7, 11) is 0. The minimum atomic E-state index is -0.180. The molecule has 132 valence electrons. The molecule has 1 aromatic rings. The second-order valence-corrected chi connectivity index (χ2v) is 6.76. The van der Waals surface area contributed by atoms with Gasteiger partial charge in [-0.05, 0) is 19.8 Å². The van der Waals surface area contributed by atoms with Gasteiger partial charge in [-0.1, -0.05) is 20.8 Å². The van der Waals surface area contributed by atoms with Crippen LogP contribution in [0.2, 0.25) is 0 Å². The maximum absolute atomic E-state index is 9.61. The largest absolute Gasteiger partial charge is 0.443 e. The van der Waals surface area contributed by atoms with E-state index in [0.29, 0.717) is 12.4 Å².